The first-order valence-electron chi connectivity index (χ1n) is 4.61. The molecule has 0 radical (unpaired) electrons. The van der Waals surface area contributed by atoms with Crippen molar-refractivity contribution >= 4 is 17.6 Å². The molecule has 0 spiro atoms. The first-order valence-corrected chi connectivity index (χ1v) is 4.99. The molecule has 2 rings (SSSR count). The summed E-state index contributed by atoms with van der Waals surface area (Å²) in [5.74, 6) is -0.988. The molecule has 0 fully saturated rings. The zero-order valence-corrected chi connectivity index (χ0v) is 8.98. The molecule has 1 heterocycles. The van der Waals surface area contributed by atoms with Crippen molar-refractivity contribution in [2.45, 2.75) is 0 Å². The van der Waals surface area contributed by atoms with Crippen molar-refractivity contribution in [3.8, 4) is 11.1 Å². The Morgan fingerprint density at radius 2 is 1.81 bits per heavy atom. The summed E-state index contributed by atoms with van der Waals surface area (Å²) in [5.41, 5.74) is 1.84. The minimum Gasteiger partial charge on any atom is -0.478 e. The van der Waals surface area contributed by atoms with E-state index in [1.807, 2.05) is 0 Å². The van der Waals surface area contributed by atoms with Gasteiger partial charge in [-0.05, 0) is 41.5 Å². The molecular formula is C12H8ClNO2. The number of carboxylic acid groups (broad SMARTS) is 1. The van der Waals surface area contributed by atoms with E-state index < -0.39 is 5.97 Å². The van der Waals surface area contributed by atoms with Crippen LogP contribution in [0, 0.1) is 0 Å². The van der Waals surface area contributed by atoms with Crippen LogP contribution in [0.3, 0.4) is 0 Å². The summed E-state index contributed by atoms with van der Waals surface area (Å²) in [4.78, 5) is 14.8. The maximum absolute atomic E-state index is 10.9. The summed E-state index contributed by atoms with van der Waals surface area (Å²) < 4.78 is 0. The van der Waals surface area contributed by atoms with Crippen molar-refractivity contribution in [1.29, 1.82) is 0 Å². The predicted molar refractivity (Wildman–Crippen MR) is 61.6 cm³/mol. The van der Waals surface area contributed by atoms with Crippen molar-refractivity contribution in [2.75, 3.05) is 0 Å². The van der Waals surface area contributed by atoms with Gasteiger partial charge in [-0.25, -0.2) is 4.79 Å². The Morgan fingerprint density at radius 3 is 2.44 bits per heavy atom. The summed E-state index contributed by atoms with van der Waals surface area (Å²) >= 11 is 5.87. The average Bonchev–Trinajstić information content (AvgIpc) is 2.29. The van der Waals surface area contributed by atoms with Crippen molar-refractivity contribution in [3.63, 3.8) is 0 Å². The fourth-order valence-corrected chi connectivity index (χ4v) is 1.66. The summed E-state index contributed by atoms with van der Waals surface area (Å²) in [5, 5.41) is 9.32. The van der Waals surface area contributed by atoms with E-state index in [0.29, 0.717) is 5.02 Å². The van der Waals surface area contributed by atoms with E-state index in [0.717, 1.165) is 11.1 Å². The highest BCUT2D eigenvalue weighted by molar-refractivity contribution is 6.31. The highest BCUT2D eigenvalue weighted by Crippen LogP contribution is 2.24. The first-order chi connectivity index (χ1) is 7.66. The zero-order chi connectivity index (χ0) is 11.5. The number of aromatic carboxylic acids is 1. The van der Waals surface area contributed by atoms with Crippen molar-refractivity contribution < 1.29 is 9.90 Å². The van der Waals surface area contributed by atoms with E-state index in [-0.39, 0.29) is 5.56 Å². The Morgan fingerprint density at radius 1 is 1.12 bits per heavy atom. The van der Waals surface area contributed by atoms with E-state index in [1.165, 1.54) is 6.07 Å². The SMILES string of the molecule is O=C(O)c1cc(Cl)cc(-c2ccncc2)c1. The molecule has 0 aliphatic heterocycles. The van der Waals surface area contributed by atoms with E-state index >= 15 is 0 Å². The fourth-order valence-electron chi connectivity index (χ4n) is 1.42. The molecule has 1 aromatic heterocycles. The molecule has 1 aromatic carbocycles. The molecule has 0 aliphatic carbocycles. The van der Waals surface area contributed by atoms with Gasteiger partial charge < -0.3 is 5.11 Å². The lowest BCUT2D eigenvalue weighted by atomic mass is 10.0. The normalized spacial score (nSPS) is 10.1. The average molecular weight is 234 g/mol. The molecule has 1 N–H and O–H groups in total. The largest absolute Gasteiger partial charge is 0.478 e. The van der Waals surface area contributed by atoms with Gasteiger partial charge in [0.15, 0.2) is 0 Å². The number of hydrogen-bond donors (Lipinski definition) is 1. The maximum Gasteiger partial charge on any atom is 0.335 e. The Bertz CT molecular complexity index is 526. The van der Waals surface area contributed by atoms with Gasteiger partial charge in [0.2, 0.25) is 0 Å². The number of hydrogen-bond acceptors (Lipinski definition) is 2. The third-order valence-electron chi connectivity index (χ3n) is 2.16. The van der Waals surface area contributed by atoms with Crippen LogP contribution < -0.4 is 0 Å². The minimum atomic E-state index is -0.988. The number of rotatable bonds is 2. The molecule has 0 amide bonds. The van der Waals surface area contributed by atoms with Gasteiger partial charge in [0.05, 0.1) is 5.56 Å². The Kier molecular flexibility index (Phi) is 2.88. The smallest absolute Gasteiger partial charge is 0.335 e. The molecule has 80 valence electrons. The Labute approximate surface area is 97.3 Å². The van der Waals surface area contributed by atoms with E-state index in [9.17, 15) is 4.79 Å². The van der Waals surface area contributed by atoms with E-state index in [4.69, 9.17) is 16.7 Å². The van der Waals surface area contributed by atoms with E-state index in [2.05, 4.69) is 4.98 Å². The summed E-state index contributed by atoms with van der Waals surface area (Å²) in [6.45, 7) is 0. The number of nitrogens with zero attached hydrogens (tertiary/aromatic N) is 1. The van der Waals surface area contributed by atoms with Gasteiger partial charge in [-0.15, -0.1) is 0 Å². The number of carboxylic acids is 1. The molecule has 0 unspecified atom stereocenters. The molecule has 0 bridgehead atoms. The summed E-state index contributed by atoms with van der Waals surface area (Å²) in [7, 11) is 0. The van der Waals surface area contributed by atoms with Gasteiger partial charge in [-0.2, -0.15) is 0 Å². The highest BCUT2D eigenvalue weighted by atomic mass is 35.5. The van der Waals surface area contributed by atoms with Gasteiger partial charge in [0.25, 0.3) is 0 Å². The van der Waals surface area contributed by atoms with Crippen molar-refractivity contribution in [3.05, 3.63) is 53.3 Å². The molecule has 0 atom stereocenters. The molecule has 0 aliphatic rings. The van der Waals surface area contributed by atoms with Gasteiger partial charge in [0.1, 0.15) is 0 Å². The number of carbonyl (C=O) groups is 1. The van der Waals surface area contributed by atoms with Crippen LogP contribution in [0.4, 0.5) is 0 Å². The van der Waals surface area contributed by atoms with Gasteiger partial charge >= 0.3 is 5.97 Å². The lowest BCUT2D eigenvalue weighted by Crippen LogP contribution is -1.96. The number of aromatic nitrogens is 1. The topological polar surface area (TPSA) is 50.2 Å². The second kappa shape index (κ2) is 4.33. The van der Waals surface area contributed by atoms with Gasteiger partial charge in [-0.3, -0.25) is 4.98 Å². The van der Waals surface area contributed by atoms with Crippen LogP contribution in [0.5, 0.6) is 0 Å². The standard InChI is InChI=1S/C12H8ClNO2/c13-11-6-9(5-10(7-11)12(15)16)8-1-3-14-4-2-8/h1-7H,(H,15,16). The number of pyridine rings is 1. The monoisotopic (exact) mass is 233 g/mol. The molecule has 4 heteroatoms. The minimum absolute atomic E-state index is 0.180. The second-order valence-electron chi connectivity index (χ2n) is 3.27. The molecule has 2 aromatic rings. The van der Waals surface area contributed by atoms with Crippen LogP contribution in [0.1, 0.15) is 10.4 Å². The first kappa shape index (κ1) is 10.6. The van der Waals surface area contributed by atoms with Crippen LogP contribution in [-0.2, 0) is 0 Å². The lowest BCUT2D eigenvalue weighted by Gasteiger charge is -2.03. The predicted octanol–water partition coefficient (Wildman–Crippen LogP) is 3.10. The maximum atomic E-state index is 10.9. The quantitative estimate of drug-likeness (QED) is 0.867. The van der Waals surface area contributed by atoms with Crippen LogP contribution in [0.2, 0.25) is 5.02 Å². The third kappa shape index (κ3) is 2.20. The van der Waals surface area contributed by atoms with Crippen molar-refractivity contribution in [1.82, 2.24) is 4.98 Å². The van der Waals surface area contributed by atoms with Crippen molar-refractivity contribution in [2.24, 2.45) is 0 Å². The third-order valence-corrected chi connectivity index (χ3v) is 2.38. The summed E-state index contributed by atoms with van der Waals surface area (Å²) in [6, 6.07) is 8.34. The van der Waals surface area contributed by atoms with E-state index in [1.54, 1.807) is 36.7 Å². The molecule has 16 heavy (non-hydrogen) atoms. The van der Waals surface area contributed by atoms with Crippen LogP contribution in [0.15, 0.2) is 42.7 Å². The van der Waals surface area contributed by atoms with Crippen LogP contribution in [-0.4, -0.2) is 16.1 Å². The molecule has 0 saturated carbocycles. The van der Waals surface area contributed by atoms with Crippen LogP contribution >= 0.6 is 11.6 Å². The molecular weight excluding hydrogens is 226 g/mol. The lowest BCUT2D eigenvalue weighted by molar-refractivity contribution is 0.0697. The second-order valence-corrected chi connectivity index (χ2v) is 3.71. The summed E-state index contributed by atoms with van der Waals surface area (Å²) in [6.07, 6.45) is 3.30. The Hall–Kier alpha value is -1.87. The van der Waals surface area contributed by atoms with Gasteiger partial charge in [0, 0.05) is 17.4 Å². The highest BCUT2D eigenvalue weighted by Gasteiger charge is 2.07. The molecule has 0 saturated heterocycles. The zero-order valence-electron chi connectivity index (χ0n) is 8.22. The fraction of sp³-hybridized carbons (Fsp3) is 0. The van der Waals surface area contributed by atoms with Crippen LogP contribution in [0.25, 0.3) is 11.1 Å². The number of benzene rings is 1. The Balaban J connectivity index is 2.54. The number of halogens is 1. The molecule has 3 nitrogen and oxygen atoms in total. The van der Waals surface area contributed by atoms with Gasteiger partial charge in [-0.1, -0.05) is 11.6 Å².